The molecule has 0 aromatic heterocycles. The first-order valence-electron chi connectivity index (χ1n) is 13.6. The van der Waals surface area contributed by atoms with Gasteiger partial charge in [0, 0.05) is 38.2 Å². The highest BCUT2D eigenvalue weighted by Gasteiger charge is 2.46. The summed E-state index contributed by atoms with van der Waals surface area (Å²) in [6, 6.07) is 12.9. The minimum absolute atomic E-state index is 0.0257. The molecule has 2 saturated heterocycles. The molecule has 202 valence electrons. The van der Waals surface area contributed by atoms with Crippen molar-refractivity contribution in [2.75, 3.05) is 39.4 Å². The summed E-state index contributed by atoms with van der Waals surface area (Å²) in [6.45, 7) is 12.9. The Morgan fingerprint density at radius 2 is 1.74 bits per heavy atom. The fourth-order valence-electron chi connectivity index (χ4n) is 5.64. The van der Waals surface area contributed by atoms with Crippen molar-refractivity contribution >= 4 is 17.4 Å². The van der Waals surface area contributed by atoms with E-state index in [0.29, 0.717) is 12.1 Å². The number of Topliss-reactive ketones (excluding diaryl/α,β-unsaturated/α-hetero) is 1. The maximum Gasteiger partial charge on any atom is 0.295 e. The van der Waals surface area contributed by atoms with E-state index in [2.05, 4.69) is 37.8 Å². The molecule has 0 radical (unpaired) electrons. The molecular formula is C31H38N2O5. The number of hydrogen-bond donors (Lipinski definition) is 1. The van der Waals surface area contributed by atoms with Gasteiger partial charge in [0.25, 0.3) is 11.7 Å². The van der Waals surface area contributed by atoms with Crippen LogP contribution in [0.5, 0.6) is 5.75 Å². The van der Waals surface area contributed by atoms with Crippen LogP contribution in [0, 0.1) is 0 Å². The normalized spacial score (nSPS) is 23.5. The summed E-state index contributed by atoms with van der Waals surface area (Å²) in [4.78, 5) is 30.7. The summed E-state index contributed by atoms with van der Waals surface area (Å²) in [5.41, 5.74) is 3.64. The molecule has 3 aliphatic heterocycles. The Morgan fingerprint density at radius 3 is 2.42 bits per heavy atom. The predicted octanol–water partition coefficient (Wildman–Crippen LogP) is 4.45. The van der Waals surface area contributed by atoms with Crippen LogP contribution in [-0.2, 0) is 26.2 Å². The number of fused-ring (bicyclic) bond motifs is 1. The summed E-state index contributed by atoms with van der Waals surface area (Å²) >= 11 is 0. The molecule has 2 fully saturated rings. The Hall–Kier alpha value is -3.16. The van der Waals surface area contributed by atoms with Crippen molar-refractivity contribution < 1.29 is 24.2 Å². The number of rotatable bonds is 6. The van der Waals surface area contributed by atoms with Gasteiger partial charge in [-0.3, -0.25) is 14.5 Å². The number of hydrogen-bond acceptors (Lipinski definition) is 6. The first-order chi connectivity index (χ1) is 18.1. The highest BCUT2D eigenvalue weighted by Crippen LogP contribution is 2.41. The molecule has 0 spiro atoms. The van der Waals surface area contributed by atoms with Gasteiger partial charge in [-0.15, -0.1) is 0 Å². The number of carbonyl (C=O) groups excluding carboxylic acids is 2. The Morgan fingerprint density at radius 1 is 1.03 bits per heavy atom. The van der Waals surface area contributed by atoms with E-state index in [9.17, 15) is 14.7 Å². The van der Waals surface area contributed by atoms with E-state index in [-0.39, 0.29) is 22.9 Å². The molecule has 7 nitrogen and oxygen atoms in total. The molecule has 38 heavy (non-hydrogen) atoms. The molecule has 3 aliphatic rings. The summed E-state index contributed by atoms with van der Waals surface area (Å²) in [5, 5.41) is 11.5. The summed E-state index contributed by atoms with van der Waals surface area (Å²) < 4.78 is 11.2. The zero-order valence-electron chi connectivity index (χ0n) is 22.8. The number of morpholine rings is 1. The van der Waals surface area contributed by atoms with Crippen LogP contribution in [-0.4, -0.2) is 72.1 Å². The monoisotopic (exact) mass is 518 g/mol. The van der Waals surface area contributed by atoms with E-state index in [1.807, 2.05) is 31.2 Å². The molecule has 2 atom stereocenters. The van der Waals surface area contributed by atoms with Crippen LogP contribution in [0.1, 0.15) is 62.4 Å². The van der Waals surface area contributed by atoms with E-state index in [4.69, 9.17) is 9.47 Å². The Labute approximate surface area is 225 Å². The SMILES string of the molecule is C[C@@H]1Cc2cc(C(O)=C3C(=O)C(=O)N(CCCN4CCOCC4)[C@@H]3c3ccc(C(C)(C)C)cc3)ccc2O1. The number of carbonyl (C=O) groups is 2. The molecule has 1 amide bonds. The van der Waals surface area contributed by atoms with E-state index in [1.54, 1.807) is 11.0 Å². The van der Waals surface area contributed by atoms with E-state index in [1.165, 1.54) is 5.56 Å². The summed E-state index contributed by atoms with van der Waals surface area (Å²) in [7, 11) is 0. The predicted molar refractivity (Wildman–Crippen MR) is 146 cm³/mol. The van der Waals surface area contributed by atoms with Gasteiger partial charge in [0.2, 0.25) is 0 Å². The molecule has 2 aromatic carbocycles. The highest BCUT2D eigenvalue weighted by molar-refractivity contribution is 6.46. The van der Waals surface area contributed by atoms with Gasteiger partial charge in [-0.05, 0) is 53.6 Å². The number of aliphatic hydroxyl groups is 1. The van der Waals surface area contributed by atoms with Gasteiger partial charge in [0.1, 0.15) is 17.6 Å². The van der Waals surface area contributed by atoms with E-state index < -0.39 is 17.7 Å². The molecule has 0 unspecified atom stereocenters. The smallest absolute Gasteiger partial charge is 0.295 e. The molecule has 7 heteroatoms. The van der Waals surface area contributed by atoms with Crippen molar-refractivity contribution in [1.82, 2.24) is 9.80 Å². The van der Waals surface area contributed by atoms with Gasteiger partial charge < -0.3 is 19.5 Å². The third-order valence-corrected chi connectivity index (χ3v) is 7.78. The highest BCUT2D eigenvalue weighted by atomic mass is 16.5. The summed E-state index contributed by atoms with van der Waals surface area (Å²) in [5.74, 6) is -0.529. The number of nitrogens with zero attached hydrogens (tertiary/aromatic N) is 2. The summed E-state index contributed by atoms with van der Waals surface area (Å²) in [6.07, 6.45) is 1.54. The lowest BCUT2D eigenvalue weighted by Gasteiger charge is -2.29. The maximum absolute atomic E-state index is 13.4. The quantitative estimate of drug-likeness (QED) is 0.346. The zero-order valence-corrected chi connectivity index (χ0v) is 22.8. The fourth-order valence-corrected chi connectivity index (χ4v) is 5.64. The van der Waals surface area contributed by atoms with Crippen molar-refractivity contribution in [1.29, 1.82) is 0 Å². The number of aliphatic hydroxyl groups excluding tert-OH is 1. The molecule has 3 heterocycles. The van der Waals surface area contributed by atoms with E-state index in [0.717, 1.165) is 62.6 Å². The van der Waals surface area contributed by atoms with Gasteiger partial charge in [-0.2, -0.15) is 0 Å². The van der Waals surface area contributed by atoms with Crippen LogP contribution in [0.2, 0.25) is 0 Å². The minimum atomic E-state index is -0.642. The van der Waals surface area contributed by atoms with Crippen LogP contribution >= 0.6 is 0 Å². The Balaban J connectivity index is 1.50. The first kappa shape index (κ1) is 26.4. The number of benzene rings is 2. The fraction of sp³-hybridized carbons (Fsp3) is 0.484. The van der Waals surface area contributed by atoms with Crippen molar-refractivity contribution in [2.45, 2.75) is 58.1 Å². The standard InChI is InChI=1S/C31H38N2O5/c1-20-18-23-19-22(8-11-25(23)38-20)28(34)26-27(21-6-9-24(10-7-21)31(2,3)4)33(30(36)29(26)35)13-5-12-32-14-16-37-17-15-32/h6-11,19-20,27,34H,5,12-18H2,1-4H3/t20-,27-/m1/s1. The third-order valence-electron chi connectivity index (χ3n) is 7.78. The largest absolute Gasteiger partial charge is 0.507 e. The van der Waals surface area contributed by atoms with Crippen LogP contribution in [0.25, 0.3) is 5.76 Å². The van der Waals surface area contributed by atoms with Gasteiger partial charge in [0.05, 0.1) is 24.8 Å². The maximum atomic E-state index is 13.4. The minimum Gasteiger partial charge on any atom is -0.507 e. The van der Waals surface area contributed by atoms with E-state index >= 15 is 0 Å². The lowest BCUT2D eigenvalue weighted by atomic mass is 9.85. The number of likely N-dealkylation sites (tertiary alicyclic amines) is 1. The van der Waals surface area contributed by atoms with Crippen molar-refractivity contribution in [3.8, 4) is 5.75 Å². The Kier molecular flexibility index (Phi) is 7.34. The molecule has 1 N–H and O–H groups in total. The van der Waals surface area contributed by atoms with Crippen LogP contribution in [0.4, 0.5) is 0 Å². The van der Waals surface area contributed by atoms with Crippen LogP contribution < -0.4 is 4.74 Å². The number of amides is 1. The van der Waals surface area contributed by atoms with Gasteiger partial charge in [-0.25, -0.2) is 0 Å². The van der Waals surface area contributed by atoms with Crippen LogP contribution in [0.3, 0.4) is 0 Å². The molecule has 0 saturated carbocycles. The molecule has 2 aromatic rings. The van der Waals surface area contributed by atoms with Crippen molar-refractivity contribution in [3.63, 3.8) is 0 Å². The third kappa shape index (κ3) is 5.22. The second-order valence-corrected chi connectivity index (χ2v) is 11.6. The average molecular weight is 519 g/mol. The molecule has 0 bridgehead atoms. The molecule has 0 aliphatic carbocycles. The Bertz CT molecular complexity index is 1240. The average Bonchev–Trinajstić information content (AvgIpc) is 3.39. The zero-order chi connectivity index (χ0) is 27.0. The molecule has 5 rings (SSSR count). The molecular weight excluding hydrogens is 480 g/mol. The van der Waals surface area contributed by atoms with Gasteiger partial charge in [-0.1, -0.05) is 45.0 Å². The lowest BCUT2D eigenvalue weighted by molar-refractivity contribution is -0.140. The topological polar surface area (TPSA) is 79.3 Å². The number of ether oxygens (including phenoxy) is 2. The lowest BCUT2D eigenvalue weighted by Crippen LogP contribution is -2.39. The number of ketones is 1. The van der Waals surface area contributed by atoms with Gasteiger partial charge in [0.15, 0.2) is 0 Å². The first-order valence-corrected chi connectivity index (χ1v) is 13.6. The van der Waals surface area contributed by atoms with Crippen molar-refractivity contribution in [3.05, 3.63) is 70.3 Å². The van der Waals surface area contributed by atoms with Crippen molar-refractivity contribution in [2.24, 2.45) is 0 Å². The second-order valence-electron chi connectivity index (χ2n) is 11.6. The van der Waals surface area contributed by atoms with Gasteiger partial charge >= 0.3 is 0 Å². The second kappa shape index (κ2) is 10.5. The van der Waals surface area contributed by atoms with Crippen LogP contribution in [0.15, 0.2) is 48.0 Å².